The predicted octanol–water partition coefficient (Wildman–Crippen LogP) is 3.20. The average Bonchev–Trinajstić information content (AvgIpc) is 3.04. The average molecular weight is 219 g/mol. The fourth-order valence-electron chi connectivity index (χ4n) is 3.64. The van der Waals surface area contributed by atoms with Crippen LogP contribution in [0.4, 0.5) is 0 Å². The first-order valence-corrected chi connectivity index (χ1v) is 7.05. The van der Waals surface area contributed by atoms with E-state index in [2.05, 4.69) is 18.2 Å². The number of terminal acetylenes is 1. The van der Waals surface area contributed by atoms with Gasteiger partial charge in [-0.1, -0.05) is 19.8 Å². The Kier molecular flexibility index (Phi) is 4.29. The van der Waals surface area contributed by atoms with Gasteiger partial charge in [-0.3, -0.25) is 0 Å². The Morgan fingerprint density at radius 2 is 2.00 bits per heavy atom. The highest BCUT2D eigenvalue weighted by molar-refractivity contribution is 5.05. The minimum atomic E-state index is 0.712. The first-order valence-electron chi connectivity index (χ1n) is 7.05. The largest absolute Gasteiger partial charge is 0.314 e. The lowest BCUT2D eigenvalue weighted by Gasteiger charge is -2.17. The molecule has 2 saturated carbocycles. The summed E-state index contributed by atoms with van der Waals surface area (Å²) in [6.45, 7) is 3.40. The summed E-state index contributed by atoms with van der Waals surface area (Å²) < 4.78 is 0. The standard InChI is InChI=1S/C15H25N/c1-3-5-10-14(16-11-4-2)15-12-8-6-7-9-13(12)15/h1,12-16H,4-11H2,2H3. The summed E-state index contributed by atoms with van der Waals surface area (Å²) in [4.78, 5) is 0. The third kappa shape index (κ3) is 2.61. The topological polar surface area (TPSA) is 12.0 Å². The number of hydrogen-bond acceptors (Lipinski definition) is 1. The van der Waals surface area contributed by atoms with E-state index in [1.165, 1.54) is 38.5 Å². The maximum atomic E-state index is 5.39. The van der Waals surface area contributed by atoms with Crippen LogP contribution in [0, 0.1) is 30.1 Å². The third-order valence-corrected chi connectivity index (χ3v) is 4.44. The second-order valence-corrected chi connectivity index (χ2v) is 5.49. The zero-order valence-electron chi connectivity index (χ0n) is 10.5. The summed E-state index contributed by atoms with van der Waals surface area (Å²) in [6, 6.07) is 0.712. The zero-order chi connectivity index (χ0) is 11.4. The molecule has 2 fully saturated rings. The molecular weight excluding hydrogens is 194 g/mol. The molecule has 0 spiro atoms. The number of rotatable bonds is 6. The van der Waals surface area contributed by atoms with E-state index in [0.717, 1.165) is 30.7 Å². The summed E-state index contributed by atoms with van der Waals surface area (Å²) in [6.07, 6.45) is 14.7. The predicted molar refractivity (Wildman–Crippen MR) is 69.1 cm³/mol. The summed E-state index contributed by atoms with van der Waals surface area (Å²) in [5.41, 5.74) is 0. The van der Waals surface area contributed by atoms with Crippen molar-refractivity contribution in [1.82, 2.24) is 5.32 Å². The molecule has 0 bridgehead atoms. The van der Waals surface area contributed by atoms with Crippen molar-refractivity contribution in [1.29, 1.82) is 0 Å². The quantitative estimate of drug-likeness (QED) is 0.676. The van der Waals surface area contributed by atoms with E-state index in [9.17, 15) is 0 Å². The van der Waals surface area contributed by atoms with E-state index in [1.807, 2.05) is 0 Å². The van der Waals surface area contributed by atoms with Gasteiger partial charge in [-0.2, -0.15) is 0 Å². The van der Waals surface area contributed by atoms with E-state index in [4.69, 9.17) is 6.42 Å². The summed E-state index contributed by atoms with van der Waals surface area (Å²) >= 11 is 0. The van der Waals surface area contributed by atoms with Crippen LogP contribution in [0.1, 0.15) is 51.9 Å². The van der Waals surface area contributed by atoms with Crippen LogP contribution in [0.25, 0.3) is 0 Å². The highest BCUT2D eigenvalue weighted by atomic mass is 14.9. The number of fused-ring (bicyclic) bond motifs is 1. The lowest BCUT2D eigenvalue weighted by Crippen LogP contribution is -2.32. The molecule has 0 radical (unpaired) electrons. The van der Waals surface area contributed by atoms with Gasteiger partial charge < -0.3 is 5.32 Å². The molecule has 1 N–H and O–H groups in total. The van der Waals surface area contributed by atoms with E-state index >= 15 is 0 Å². The van der Waals surface area contributed by atoms with E-state index in [-0.39, 0.29) is 0 Å². The second-order valence-electron chi connectivity index (χ2n) is 5.49. The molecule has 2 aliphatic carbocycles. The highest BCUT2D eigenvalue weighted by Crippen LogP contribution is 2.57. The molecule has 0 aromatic rings. The smallest absolute Gasteiger partial charge is 0.0110 e. The van der Waals surface area contributed by atoms with Gasteiger partial charge in [-0.05, 0) is 50.0 Å². The molecule has 0 aromatic heterocycles. The molecule has 0 aromatic carbocycles. The molecule has 16 heavy (non-hydrogen) atoms. The molecule has 0 amide bonds. The van der Waals surface area contributed by atoms with Crippen LogP contribution in [0.5, 0.6) is 0 Å². The van der Waals surface area contributed by atoms with Crippen molar-refractivity contribution in [3.8, 4) is 12.3 Å². The van der Waals surface area contributed by atoms with Gasteiger partial charge in [-0.15, -0.1) is 12.3 Å². The molecule has 0 saturated heterocycles. The van der Waals surface area contributed by atoms with Gasteiger partial charge in [0, 0.05) is 12.5 Å². The van der Waals surface area contributed by atoms with Crippen molar-refractivity contribution in [2.75, 3.05) is 6.54 Å². The fraction of sp³-hybridized carbons (Fsp3) is 0.867. The summed E-state index contributed by atoms with van der Waals surface area (Å²) in [5, 5.41) is 3.73. The Bertz CT molecular complexity index is 241. The van der Waals surface area contributed by atoms with Gasteiger partial charge in [0.05, 0.1) is 0 Å². The Morgan fingerprint density at radius 3 is 2.56 bits per heavy atom. The lowest BCUT2D eigenvalue weighted by molar-refractivity contribution is 0.411. The Morgan fingerprint density at radius 1 is 1.31 bits per heavy atom. The van der Waals surface area contributed by atoms with Crippen molar-refractivity contribution in [3.05, 3.63) is 0 Å². The summed E-state index contributed by atoms with van der Waals surface area (Å²) in [5.74, 6) is 5.84. The molecular formula is C15H25N. The van der Waals surface area contributed by atoms with Crippen LogP contribution in [0.2, 0.25) is 0 Å². The lowest BCUT2D eigenvalue weighted by atomic mass is 10.0. The van der Waals surface area contributed by atoms with Gasteiger partial charge in [0.1, 0.15) is 0 Å². The zero-order valence-corrected chi connectivity index (χ0v) is 10.5. The first-order chi connectivity index (χ1) is 7.88. The van der Waals surface area contributed by atoms with Crippen molar-refractivity contribution < 1.29 is 0 Å². The molecule has 2 rings (SSSR count). The van der Waals surface area contributed by atoms with E-state index in [1.54, 1.807) is 0 Å². The molecule has 3 atom stereocenters. The molecule has 1 nitrogen and oxygen atoms in total. The van der Waals surface area contributed by atoms with Gasteiger partial charge >= 0.3 is 0 Å². The Balaban J connectivity index is 1.84. The minimum Gasteiger partial charge on any atom is -0.314 e. The van der Waals surface area contributed by atoms with E-state index < -0.39 is 0 Å². The van der Waals surface area contributed by atoms with Gasteiger partial charge in [0.2, 0.25) is 0 Å². The highest BCUT2D eigenvalue weighted by Gasteiger charge is 2.53. The normalized spacial score (nSPS) is 33.9. The molecule has 0 heterocycles. The molecule has 0 aliphatic heterocycles. The van der Waals surface area contributed by atoms with Crippen LogP contribution in [0.3, 0.4) is 0 Å². The first kappa shape index (κ1) is 12.0. The van der Waals surface area contributed by atoms with Crippen LogP contribution < -0.4 is 5.32 Å². The maximum absolute atomic E-state index is 5.39. The Hall–Kier alpha value is -0.480. The van der Waals surface area contributed by atoms with Crippen LogP contribution >= 0.6 is 0 Å². The van der Waals surface area contributed by atoms with Crippen LogP contribution in [0.15, 0.2) is 0 Å². The monoisotopic (exact) mass is 219 g/mol. The molecule has 3 unspecified atom stereocenters. The number of nitrogens with one attached hydrogen (secondary N) is 1. The van der Waals surface area contributed by atoms with E-state index in [0.29, 0.717) is 6.04 Å². The van der Waals surface area contributed by atoms with Crippen molar-refractivity contribution in [2.45, 2.75) is 57.9 Å². The van der Waals surface area contributed by atoms with Crippen molar-refractivity contribution in [3.63, 3.8) is 0 Å². The molecule has 2 aliphatic rings. The molecule has 1 heteroatoms. The van der Waals surface area contributed by atoms with Gasteiger partial charge in [0.15, 0.2) is 0 Å². The molecule has 90 valence electrons. The summed E-state index contributed by atoms with van der Waals surface area (Å²) in [7, 11) is 0. The van der Waals surface area contributed by atoms with Crippen LogP contribution in [-0.4, -0.2) is 12.6 Å². The second kappa shape index (κ2) is 5.73. The third-order valence-electron chi connectivity index (χ3n) is 4.44. The number of hydrogen-bond donors (Lipinski definition) is 1. The van der Waals surface area contributed by atoms with Gasteiger partial charge in [-0.25, -0.2) is 0 Å². The van der Waals surface area contributed by atoms with Crippen molar-refractivity contribution >= 4 is 0 Å². The Labute approximate surface area is 100 Å². The van der Waals surface area contributed by atoms with Gasteiger partial charge in [0.25, 0.3) is 0 Å². The fourth-order valence-corrected chi connectivity index (χ4v) is 3.64. The maximum Gasteiger partial charge on any atom is 0.0110 e. The minimum absolute atomic E-state index is 0.712. The van der Waals surface area contributed by atoms with Crippen molar-refractivity contribution in [2.24, 2.45) is 17.8 Å². The SMILES string of the molecule is C#CCCC(NCCC)C1C2CCCCC21. The van der Waals surface area contributed by atoms with Crippen LogP contribution in [-0.2, 0) is 0 Å².